The molecule has 0 aromatic heterocycles. The summed E-state index contributed by atoms with van der Waals surface area (Å²) in [6, 6.07) is 2.66. The molecule has 0 heterocycles. The summed E-state index contributed by atoms with van der Waals surface area (Å²) in [6.45, 7) is -0.0384. The second-order valence-electron chi connectivity index (χ2n) is 2.67. The van der Waals surface area contributed by atoms with Crippen LogP contribution in [0.3, 0.4) is 0 Å². The zero-order chi connectivity index (χ0) is 10.6. The number of rotatable bonds is 2. The van der Waals surface area contributed by atoms with E-state index in [1.807, 2.05) is 0 Å². The van der Waals surface area contributed by atoms with Crippen molar-refractivity contribution < 1.29 is 13.6 Å². The van der Waals surface area contributed by atoms with Crippen molar-refractivity contribution in [3.8, 4) is 0 Å². The zero-order valence-electron chi connectivity index (χ0n) is 7.60. The minimum Gasteiger partial charge on any atom is -0.341 e. The Hall–Kier alpha value is -1.65. The number of carbonyl (C=O) groups excluding carboxylic acids is 1. The Balaban J connectivity index is 2.66. The topological polar surface area (TPSA) is 41.1 Å². The van der Waals surface area contributed by atoms with Crippen molar-refractivity contribution in [3.63, 3.8) is 0 Å². The molecule has 0 saturated carbocycles. The van der Waals surface area contributed by atoms with Crippen molar-refractivity contribution in [1.82, 2.24) is 10.6 Å². The Morgan fingerprint density at radius 1 is 1.43 bits per heavy atom. The Kier molecular flexibility index (Phi) is 3.39. The summed E-state index contributed by atoms with van der Waals surface area (Å²) in [6.07, 6.45) is 0. The Morgan fingerprint density at radius 3 is 2.79 bits per heavy atom. The molecule has 1 rings (SSSR count). The van der Waals surface area contributed by atoms with Gasteiger partial charge in [-0.1, -0.05) is 0 Å². The lowest BCUT2D eigenvalue weighted by molar-refractivity contribution is 0.242. The highest BCUT2D eigenvalue weighted by Gasteiger charge is 2.04. The standard InChI is InChI=1S/C9H10F2N2O/c1-12-9(14)13-5-6-4-7(10)2-3-8(6)11/h2-4H,5H2,1H3,(H2,12,13,14). The first-order chi connectivity index (χ1) is 6.63. The lowest BCUT2D eigenvalue weighted by atomic mass is 10.2. The molecule has 0 saturated heterocycles. The molecule has 0 radical (unpaired) electrons. The van der Waals surface area contributed by atoms with E-state index in [1.165, 1.54) is 7.05 Å². The third-order valence-corrected chi connectivity index (χ3v) is 1.67. The van der Waals surface area contributed by atoms with Gasteiger partial charge in [-0.05, 0) is 18.2 Å². The maximum atomic E-state index is 13.0. The fourth-order valence-electron chi connectivity index (χ4n) is 0.943. The van der Waals surface area contributed by atoms with Crippen LogP contribution >= 0.6 is 0 Å². The Morgan fingerprint density at radius 2 is 2.14 bits per heavy atom. The van der Waals surface area contributed by atoms with E-state index in [0.29, 0.717) is 0 Å². The van der Waals surface area contributed by atoms with E-state index in [2.05, 4.69) is 10.6 Å². The molecule has 0 atom stereocenters. The van der Waals surface area contributed by atoms with E-state index in [4.69, 9.17) is 0 Å². The van der Waals surface area contributed by atoms with E-state index >= 15 is 0 Å². The molecular weight excluding hydrogens is 190 g/mol. The highest BCUT2D eigenvalue weighted by molar-refractivity contribution is 5.73. The first-order valence-electron chi connectivity index (χ1n) is 4.03. The highest BCUT2D eigenvalue weighted by atomic mass is 19.1. The van der Waals surface area contributed by atoms with Gasteiger partial charge in [0, 0.05) is 19.2 Å². The number of hydrogen-bond donors (Lipinski definition) is 2. The molecule has 1 aromatic carbocycles. The maximum Gasteiger partial charge on any atom is 0.314 e. The van der Waals surface area contributed by atoms with Crippen LogP contribution in [-0.4, -0.2) is 13.1 Å². The molecule has 76 valence electrons. The number of amides is 2. The van der Waals surface area contributed by atoms with Gasteiger partial charge in [-0.25, -0.2) is 13.6 Å². The van der Waals surface area contributed by atoms with Crippen molar-refractivity contribution in [2.45, 2.75) is 6.54 Å². The Labute approximate surface area is 80.1 Å². The molecule has 5 heteroatoms. The number of urea groups is 1. The summed E-state index contributed by atoms with van der Waals surface area (Å²) in [5.41, 5.74) is 0.119. The van der Waals surface area contributed by atoms with Gasteiger partial charge in [0.05, 0.1) is 0 Å². The minimum atomic E-state index is -0.539. The van der Waals surface area contributed by atoms with Gasteiger partial charge in [-0.2, -0.15) is 0 Å². The van der Waals surface area contributed by atoms with Crippen LogP contribution in [0.2, 0.25) is 0 Å². The molecular formula is C9H10F2N2O. The summed E-state index contributed by atoms with van der Waals surface area (Å²) in [5.74, 6) is -1.07. The van der Waals surface area contributed by atoms with Crippen molar-refractivity contribution >= 4 is 6.03 Å². The first kappa shape index (κ1) is 10.4. The fraction of sp³-hybridized carbons (Fsp3) is 0.222. The Bertz CT molecular complexity index is 342. The first-order valence-corrected chi connectivity index (χ1v) is 4.03. The molecule has 0 bridgehead atoms. The average molecular weight is 200 g/mol. The predicted molar refractivity (Wildman–Crippen MR) is 47.7 cm³/mol. The van der Waals surface area contributed by atoms with Crippen molar-refractivity contribution in [2.75, 3.05) is 7.05 Å². The van der Waals surface area contributed by atoms with E-state index in [0.717, 1.165) is 18.2 Å². The molecule has 1 aromatic rings. The zero-order valence-corrected chi connectivity index (χ0v) is 7.60. The van der Waals surface area contributed by atoms with E-state index in [9.17, 15) is 13.6 Å². The van der Waals surface area contributed by atoms with Gasteiger partial charge < -0.3 is 10.6 Å². The van der Waals surface area contributed by atoms with Crippen LogP contribution in [-0.2, 0) is 6.54 Å². The third kappa shape index (κ3) is 2.69. The van der Waals surface area contributed by atoms with Crippen molar-refractivity contribution in [1.29, 1.82) is 0 Å². The summed E-state index contributed by atoms with van der Waals surface area (Å²) >= 11 is 0. The van der Waals surface area contributed by atoms with Gasteiger partial charge in [-0.3, -0.25) is 0 Å². The minimum absolute atomic E-state index is 0.0384. The second-order valence-corrected chi connectivity index (χ2v) is 2.67. The maximum absolute atomic E-state index is 13.0. The summed E-state index contributed by atoms with van der Waals surface area (Å²) < 4.78 is 25.6. The van der Waals surface area contributed by atoms with Crippen LogP contribution in [0.15, 0.2) is 18.2 Å². The monoisotopic (exact) mass is 200 g/mol. The van der Waals surface area contributed by atoms with Crippen LogP contribution < -0.4 is 10.6 Å². The fourth-order valence-corrected chi connectivity index (χ4v) is 0.943. The van der Waals surface area contributed by atoms with Crippen molar-refractivity contribution in [2.24, 2.45) is 0 Å². The molecule has 0 unspecified atom stereocenters. The van der Waals surface area contributed by atoms with Crippen LogP contribution in [0.4, 0.5) is 13.6 Å². The molecule has 0 aliphatic carbocycles. The second kappa shape index (κ2) is 4.55. The van der Waals surface area contributed by atoms with Crippen LogP contribution in [0.1, 0.15) is 5.56 Å². The molecule has 14 heavy (non-hydrogen) atoms. The van der Waals surface area contributed by atoms with E-state index in [-0.39, 0.29) is 12.1 Å². The SMILES string of the molecule is CNC(=O)NCc1cc(F)ccc1F. The van der Waals surface area contributed by atoms with Gasteiger partial charge in [-0.15, -0.1) is 0 Å². The average Bonchev–Trinajstić information content (AvgIpc) is 2.19. The molecule has 0 aliphatic rings. The molecule has 3 nitrogen and oxygen atoms in total. The molecule has 2 amide bonds. The smallest absolute Gasteiger partial charge is 0.314 e. The normalized spacial score (nSPS) is 9.64. The lowest BCUT2D eigenvalue weighted by Crippen LogP contribution is -2.32. The highest BCUT2D eigenvalue weighted by Crippen LogP contribution is 2.08. The molecule has 0 spiro atoms. The van der Waals surface area contributed by atoms with Gasteiger partial charge in [0.15, 0.2) is 0 Å². The van der Waals surface area contributed by atoms with Gasteiger partial charge in [0.25, 0.3) is 0 Å². The number of hydrogen-bond acceptors (Lipinski definition) is 1. The van der Waals surface area contributed by atoms with Crippen LogP contribution in [0, 0.1) is 11.6 Å². The summed E-state index contributed by atoms with van der Waals surface area (Å²) in [4.78, 5) is 10.7. The van der Waals surface area contributed by atoms with Gasteiger partial charge >= 0.3 is 6.03 Å². The van der Waals surface area contributed by atoms with Gasteiger partial charge in [0.2, 0.25) is 0 Å². The number of carbonyl (C=O) groups is 1. The predicted octanol–water partition coefficient (Wildman–Crippen LogP) is 1.39. The summed E-state index contributed by atoms with van der Waals surface area (Å²) in [7, 11) is 1.44. The summed E-state index contributed by atoms with van der Waals surface area (Å²) in [5, 5.41) is 4.66. The van der Waals surface area contributed by atoms with Gasteiger partial charge in [0.1, 0.15) is 11.6 Å². The van der Waals surface area contributed by atoms with Crippen molar-refractivity contribution in [3.05, 3.63) is 35.4 Å². The quantitative estimate of drug-likeness (QED) is 0.744. The largest absolute Gasteiger partial charge is 0.341 e. The number of benzene rings is 1. The van der Waals surface area contributed by atoms with Crippen LogP contribution in [0.5, 0.6) is 0 Å². The third-order valence-electron chi connectivity index (χ3n) is 1.67. The number of halogens is 2. The molecule has 2 N–H and O–H groups in total. The van der Waals surface area contributed by atoms with E-state index in [1.54, 1.807) is 0 Å². The number of nitrogens with one attached hydrogen (secondary N) is 2. The lowest BCUT2D eigenvalue weighted by Gasteiger charge is -2.05. The van der Waals surface area contributed by atoms with E-state index < -0.39 is 17.7 Å². The molecule has 0 aliphatic heterocycles. The molecule has 0 fully saturated rings. The van der Waals surface area contributed by atoms with Crippen LogP contribution in [0.25, 0.3) is 0 Å².